The molecule has 0 spiro atoms. The van der Waals surface area contributed by atoms with Crippen molar-refractivity contribution in [2.24, 2.45) is 5.73 Å². The van der Waals surface area contributed by atoms with E-state index in [1.807, 2.05) is 26.2 Å². The summed E-state index contributed by atoms with van der Waals surface area (Å²) in [5, 5.41) is 0.671. The molecular formula is C13H20N2O2Se. The number of methoxy groups -OCH3 is 1. The van der Waals surface area contributed by atoms with Crippen molar-refractivity contribution >= 4 is 25.4 Å². The SMILES string of the molecule is COC(=O)[C@@H](N)C[Se]c1ccccc1CN(C)C. The summed E-state index contributed by atoms with van der Waals surface area (Å²) in [7, 11) is 5.46. The average molecular weight is 315 g/mol. The molecule has 2 N–H and O–H groups in total. The monoisotopic (exact) mass is 316 g/mol. The molecular weight excluding hydrogens is 295 g/mol. The second-order valence-corrected chi connectivity index (χ2v) is 6.51. The number of ether oxygens (including phenoxy) is 1. The van der Waals surface area contributed by atoms with E-state index in [0.29, 0.717) is 5.32 Å². The van der Waals surface area contributed by atoms with Crippen molar-refractivity contribution in [3.63, 3.8) is 0 Å². The first-order valence-corrected chi connectivity index (χ1v) is 7.80. The second-order valence-electron chi connectivity index (χ2n) is 4.29. The Morgan fingerprint density at radius 3 is 2.72 bits per heavy atom. The number of hydrogen-bond acceptors (Lipinski definition) is 4. The van der Waals surface area contributed by atoms with E-state index in [4.69, 9.17) is 5.73 Å². The van der Waals surface area contributed by atoms with Crippen LogP contribution < -0.4 is 10.2 Å². The third-order valence-corrected chi connectivity index (χ3v) is 4.97. The van der Waals surface area contributed by atoms with Crippen molar-refractivity contribution in [2.75, 3.05) is 21.2 Å². The molecule has 1 atom stereocenters. The van der Waals surface area contributed by atoms with Crippen molar-refractivity contribution in [1.29, 1.82) is 0 Å². The molecule has 0 amide bonds. The average Bonchev–Trinajstić information content (AvgIpc) is 2.35. The van der Waals surface area contributed by atoms with Gasteiger partial charge in [-0.1, -0.05) is 0 Å². The molecule has 0 aliphatic carbocycles. The van der Waals surface area contributed by atoms with E-state index in [0.717, 1.165) is 6.54 Å². The molecule has 1 aromatic rings. The van der Waals surface area contributed by atoms with Gasteiger partial charge in [0.1, 0.15) is 0 Å². The summed E-state index contributed by atoms with van der Waals surface area (Å²) in [4.78, 5) is 13.4. The fraction of sp³-hybridized carbons (Fsp3) is 0.462. The number of nitrogens with two attached hydrogens (primary N) is 1. The molecule has 0 heterocycles. The van der Waals surface area contributed by atoms with Crippen molar-refractivity contribution in [3.8, 4) is 0 Å². The van der Waals surface area contributed by atoms with Crippen LogP contribution in [0.1, 0.15) is 5.56 Å². The normalized spacial score (nSPS) is 12.5. The first-order valence-electron chi connectivity index (χ1n) is 5.73. The van der Waals surface area contributed by atoms with E-state index in [1.54, 1.807) is 0 Å². The van der Waals surface area contributed by atoms with Crippen molar-refractivity contribution in [1.82, 2.24) is 4.90 Å². The quantitative estimate of drug-likeness (QED) is 0.593. The van der Waals surface area contributed by atoms with Gasteiger partial charge >= 0.3 is 114 Å². The predicted octanol–water partition coefficient (Wildman–Crippen LogP) is -0.00370. The van der Waals surface area contributed by atoms with Crippen LogP contribution in [-0.2, 0) is 16.1 Å². The molecule has 4 nitrogen and oxygen atoms in total. The van der Waals surface area contributed by atoms with Crippen LogP contribution in [0.5, 0.6) is 0 Å². The first-order chi connectivity index (χ1) is 8.54. The van der Waals surface area contributed by atoms with Crippen LogP contribution in [0.15, 0.2) is 24.3 Å². The molecule has 0 aromatic heterocycles. The number of rotatable bonds is 6. The van der Waals surface area contributed by atoms with E-state index >= 15 is 0 Å². The Morgan fingerprint density at radius 1 is 1.44 bits per heavy atom. The van der Waals surface area contributed by atoms with Gasteiger partial charge in [-0.05, 0) is 0 Å². The van der Waals surface area contributed by atoms with E-state index in [9.17, 15) is 4.79 Å². The summed E-state index contributed by atoms with van der Waals surface area (Å²) in [6.45, 7) is 0.908. The first kappa shape index (κ1) is 15.2. The van der Waals surface area contributed by atoms with Crippen LogP contribution >= 0.6 is 0 Å². The van der Waals surface area contributed by atoms with Crippen LogP contribution in [-0.4, -0.2) is 53.1 Å². The van der Waals surface area contributed by atoms with Gasteiger partial charge in [0.05, 0.1) is 0 Å². The van der Waals surface area contributed by atoms with Crippen molar-refractivity contribution in [3.05, 3.63) is 29.8 Å². The Hall–Kier alpha value is -0.871. The molecule has 0 saturated heterocycles. The van der Waals surface area contributed by atoms with Crippen LogP contribution in [0.3, 0.4) is 0 Å². The van der Waals surface area contributed by atoms with Gasteiger partial charge in [-0.15, -0.1) is 0 Å². The van der Waals surface area contributed by atoms with Crippen LogP contribution in [0.2, 0.25) is 5.32 Å². The third kappa shape index (κ3) is 4.78. The van der Waals surface area contributed by atoms with Gasteiger partial charge < -0.3 is 0 Å². The number of carbonyl (C=O) groups excluding carboxylic acids is 1. The van der Waals surface area contributed by atoms with E-state index < -0.39 is 6.04 Å². The molecule has 0 bridgehead atoms. The second kappa shape index (κ2) is 7.54. The summed E-state index contributed by atoms with van der Waals surface area (Å²) in [6, 6.07) is 7.80. The summed E-state index contributed by atoms with van der Waals surface area (Å²) in [5.74, 6) is -0.332. The Kier molecular flexibility index (Phi) is 6.36. The topological polar surface area (TPSA) is 55.6 Å². The molecule has 1 aromatic carbocycles. The Balaban J connectivity index is 2.64. The minimum absolute atomic E-state index is 0.195. The molecule has 0 saturated carbocycles. The van der Waals surface area contributed by atoms with Crippen molar-refractivity contribution < 1.29 is 9.53 Å². The Morgan fingerprint density at radius 2 is 2.11 bits per heavy atom. The zero-order valence-corrected chi connectivity index (χ0v) is 12.8. The van der Waals surface area contributed by atoms with Gasteiger partial charge in [0.25, 0.3) is 0 Å². The summed E-state index contributed by atoms with van der Waals surface area (Å²) < 4.78 is 5.94. The minimum atomic E-state index is -0.512. The number of carbonyl (C=O) groups is 1. The predicted molar refractivity (Wildman–Crippen MR) is 74.0 cm³/mol. The third-order valence-electron chi connectivity index (χ3n) is 2.38. The van der Waals surface area contributed by atoms with Crippen molar-refractivity contribution in [2.45, 2.75) is 17.9 Å². The molecule has 0 fully saturated rings. The van der Waals surface area contributed by atoms with Gasteiger partial charge in [0.2, 0.25) is 0 Å². The van der Waals surface area contributed by atoms with E-state index in [1.165, 1.54) is 17.1 Å². The number of esters is 1. The Labute approximate surface area is 115 Å². The molecule has 0 aliphatic heterocycles. The summed E-state index contributed by atoms with van der Waals surface area (Å²) in [6.07, 6.45) is 0. The number of nitrogens with zero attached hydrogens (tertiary/aromatic N) is 1. The number of hydrogen-bond donors (Lipinski definition) is 1. The molecule has 0 unspecified atom stereocenters. The number of benzene rings is 1. The maximum atomic E-state index is 11.3. The van der Waals surface area contributed by atoms with E-state index in [-0.39, 0.29) is 20.9 Å². The Bertz CT molecular complexity index is 396. The summed E-state index contributed by atoms with van der Waals surface area (Å²) >= 11 is 0.195. The van der Waals surface area contributed by atoms with Gasteiger partial charge in [-0.2, -0.15) is 0 Å². The van der Waals surface area contributed by atoms with E-state index in [2.05, 4.69) is 21.8 Å². The fourth-order valence-electron chi connectivity index (χ4n) is 1.51. The summed E-state index contributed by atoms with van der Waals surface area (Å²) in [5.41, 5.74) is 7.06. The van der Waals surface area contributed by atoms with Gasteiger partial charge in [-0.3, -0.25) is 0 Å². The molecule has 18 heavy (non-hydrogen) atoms. The standard InChI is InChI=1S/C13H20N2O2Se/c1-15(2)8-10-6-4-5-7-12(10)18-9-11(14)13(16)17-3/h4-7,11H,8-9,14H2,1-3H3/t11-/m0/s1. The molecule has 5 heteroatoms. The molecule has 0 radical (unpaired) electrons. The zero-order chi connectivity index (χ0) is 13.5. The van der Waals surface area contributed by atoms with Crippen LogP contribution in [0.25, 0.3) is 0 Å². The molecule has 0 aliphatic rings. The van der Waals surface area contributed by atoms with Crippen LogP contribution in [0.4, 0.5) is 0 Å². The van der Waals surface area contributed by atoms with Gasteiger partial charge in [0, 0.05) is 0 Å². The van der Waals surface area contributed by atoms with Gasteiger partial charge in [-0.25, -0.2) is 0 Å². The zero-order valence-electron chi connectivity index (χ0n) is 11.1. The fourth-order valence-corrected chi connectivity index (χ4v) is 3.59. The van der Waals surface area contributed by atoms with Crippen LogP contribution in [0, 0.1) is 0 Å². The molecule has 100 valence electrons. The molecule has 1 rings (SSSR count). The maximum absolute atomic E-state index is 11.3. The van der Waals surface area contributed by atoms with Gasteiger partial charge in [0.15, 0.2) is 0 Å².